The zero-order chi connectivity index (χ0) is 31.9. The van der Waals surface area contributed by atoms with Gasteiger partial charge in [0, 0.05) is 33.1 Å². The number of ether oxygens (including phenoxy) is 1. The third-order valence-corrected chi connectivity index (χ3v) is 10.7. The number of alkyl halides is 2. The maximum atomic E-state index is 13.7. The highest BCUT2D eigenvalue weighted by molar-refractivity contribution is 7.17. The molecule has 0 radical (unpaired) electrons. The minimum Gasteiger partial charge on any atom is -0.481 e. The molecular formula is C32H33Cl2F2N3O5S. The van der Waals surface area contributed by atoms with Gasteiger partial charge >= 0.3 is 5.97 Å². The molecule has 0 spiro atoms. The standard InChI is InChI=1S/C32H33Cl2F2N3O5S/c33-25-12-27(37-30(41)24-15-45-28-4-2-1-3-23(24)28)26(34)9-19(25)10-29(40)39-13-20(38-16-32(35,36)17-38)11-21(39)14-44-22-7-5-18(6-8-22)31(42)43/h1-4,9,12,15,18,20-22H,5-8,10-11,13-14,16-17H2,(H,37,41)(H,42,43)/t18?,20-,21-,22?/m0/s1. The van der Waals surface area contributed by atoms with Crippen LogP contribution in [-0.4, -0.2) is 83.0 Å². The first-order valence-corrected chi connectivity index (χ1v) is 16.6. The topological polar surface area (TPSA) is 99.2 Å². The number of carbonyl (C=O) groups excluding carboxylic acids is 2. The van der Waals surface area contributed by atoms with E-state index in [1.54, 1.807) is 21.2 Å². The van der Waals surface area contributed by atoms with Crippen LogP contribution in [0.2, 0.25) is 10.0 Å². The van der Waals surface area contributed by atoms with Gasteiger partial charge in [0.1, 0.15) is 0 Å². The van der Waals surface area contributed by atoms with E-state index in [0.29, 0.717) is 55.5 Å². The summed E-state index contributed by atoms with van der Waals surface area (Å²) in [5.41, 5.74) is 1.33. The van der Waals surface area contributed by atoms with E-state index in [1.807, 2.05) is 24.3 Å². The minimum atomic E-state index is -2.72. The number of halogens is 4. The Bertz CT molecular complexity index is 1600. The van der Waals surface area contributed by atoms with Crippen molar-refractivity contribution in [2.24, 2.45) is 5.92 Å². The van der Waals surface area contributed by atoms with Crippen molar-refractivity contribution in [3.05, 3.63) is 63.0 Å². The average molecular weight is 681 g/mol. The molecule has 2 N–H and O–H groups in total. The molecule has 8 nitrogen and oxygen atoms in total. The van der Waals surface area contributed by atoms with Crippen molar-refractivity contribution in [2.75, 3.05) is 31.6 Å². The minimum absolute atomic E-state index is 0.0644. The summed E-state index contributed by atoms with van der Waals surface area (Å²) < 4.78 is 34.5. The van der Waals surface area contributed by atoms with Crippen molar-refractivity contribution in [1.29, 1.82) is 0 Å². The fraction of sp³-hybridized carbons (Fsp3) is 0.469. The first-order valence-electron chi connectivity index (χ1n) is 15.0. The number of amides is 2. The van der Waals surface area contributed by atoms with E-state index in [4.69, 9.17) is 27.9 Å². The van der Waals surface area contributed by atoms with Crippen LogP contribution in [0.4, 0.5) is 14.5 Å². The van der Waals surface area contributed by atoms with Crippen LogP contribution in [-0.2, 0) is 20.7 Å². The maximum absolute atomic E-state index is 13.7. The van der Waals surface area contributed by atoms with E-state index >= 15 is 0 Å². The molecule has 13 heteroatoms. The van der Waals surface area contributed by atoms with Gasteiger partial charge in [-0.3, -0.25) is 19.3 Å². The van der Waals surface area contributed by atoms with Gasteiger partial charge in [-0.05, 0) is 55.9 Å². The lowest BCUT2D eigenvalue weighted by molar-refractivity contribution is -0.145. The first kappa shape index (κ1) is 32.1. The molecule has 3 heterocycles. The molecule has 3 fully saturated rings. The number of anilines is 1. The van der Waals surface area contributed by atoms with E-state index in [1.165, 1.54) is 17.4 Å². The van der Waals surface area contributed by atoms with Crippen LogP contribution in [0.5, 0.6) is 0 Å². The summed E-state index contributed by atoms with van der Waals surface area (Å²) in [6.07, 6.45) is 2.66. The maximum Gasteiger partial charge on any atom is 0.306 e. The Kier molecular flexibility index (Phi) is 9.36. The quantitative estimate of drug-likeness (QED) is 0.265. The molecule has 1 aromatic heterocycles. The Morgan fingerprint density at radius 3 is 2.51 bits per heavy atom. The van der Waals surface area contributed by atoms with Crippen LogP contribution in [0.25, 0.3) is 10.1 Å². The first-order chi connectivity index (χ1) is 21.5. The second-order valence-corrected chi connectivity index (χ2v) is 13.9. The summed E-state index contributed by atoms with van der Waals surface area (Å²) in [6.45, 7) is -0.126. The van der Waals surface area contributed by atoms with Gasteiger partial charge in [0.2, 0.25) is 5.91 Å². The number of nitrogens with one attached hydrogen (secondary N) is 1. The molecule has 2 amide bonds. The zero-order valence-electron chi connectivity index (χ0n) is 24.3. The number of carboxylic acids is 1. The van der Waals surface area contributed by atoms with Crippen LogP contribution < -0.4 is 5.32 Å². The lowest BCUT2D eigenvalue weighted by atomic mass is 9.87. The lowest BCUT2D eigenvalue weighted by Gasteiger charge is -2.42. The molecule has 2 atom stereocenters. The van der Waals surface area contributed by atoms with Crippen LogP contribution in [0.3, 0.4) is 0 Å². The number of nitrogens with zero attached hydrogens (tertiary/aromatic N) is 2. The normalized spacial score (nSPS) is 24.8. The number of aliphatic carboxylic acids is 1. The molecule has 2 saturated heterocycles. The summed E-state index contributed by atoms with van der Waals surface area (Å²) in [6, 6.07) is 10.2. The average Bonchev–Trinajstić information content (AvgIpc) is 3.62. The van der Waals surface area contributed by atoms with Gasteiger partial charge in [-0.25, -0.2) is 8.78 Å². The number of carboxylic acid groups (broad SMARTS) is 1. The molecule has 6 rings (SSSR count). The van der Waals surface area contributed by atoms with Gasteiger partial charge in [-0.15, -0.1) is 11.3 Å². The molecule has 1 aliphatic carbocycles. The number of rotatable bonds is 9. The number of hydrogen-bond acceptors (Lipinski definition) is 6. The highest BCUT2D eigenvalue weighted by Gasteiger charge is 2.50. The summed E-state index contributed by atoms with van der Waals surface area (Å²) in [5.74, 6) is -4.43. The third-order valence-electron chi connectivity index (χ3n) is 9.10. The Morgan fingerprint density at radius 2 is 1.80 bits per heavy atom. The number of likely N-dealkylation sites (tertiary alicyclic amines) is 2. The van der Waals surface area contributed by atoms with Crippen molar-refractivity contribution in [3.63, 3.8) is 0 Å². The largest absolute Gasteiger partial charge is 0.481 e. The monoisotopic (exact) mass is 679 g/mol. The van der Waals surface area contributed by atoms with Gasteiger partial charge in [-0.1, -0.05) is 41.4 Å². The second kappa shape index (κ2) is 13.1. The van der Waals surface area contributed by atoms with E-state index in [0.717, 1.165) is 10.1 Å². The second-order valence-electron chi connectivity index (χ2n) is 12.2. The molecule has 0 bridgehead atoms. The van der Waals surface area contributed by atoms with E-state index in [2.05, 4.69) is 5.32 Å². The molecule has 1 saturated carbocycles. The predicted molar refractivity (Wildman–Crippen MR) is 170 cm³/mol. The summed E-state index contributed by atoms with van der Waals surface area (Å²) in [4.78, 5) is 41.4. The Labute approximate surface area is 273 Å². The smallest absolute Gasteiger partial charge is 0.306 e. The van der Waals surface area contributed by atoms with Crippen LogP contribution in [0.1, 0.15) is 48.0 Å². The molecule has 2 aromatic carbocycles. The van der Waals surface area contributed by atoms with Crippen molar-refractivity contribution >= 4 is 68.1 Å². The Hall–Kier alpha value is -2.83. The number of thiophene rings is 1. The van der Waals surface area contributed by atoms with Gasteiger partial charge < -0.3 is 20.1 Å². The fourth-order valence-corrected chi connectivity index (χ4v) is 7.98. The van der Waals surface area contributed by atoms with E-state index in [9.17, 15) is 28.3 Å². The fourth-order valence-electron chi connectivity index (χ4n) is 6.58. The summed E-state index contributed by atoms with van der Waals surface area (Å²) in [5, 5.41) is 15.2. The van der Waals surface area contributed by atoms with Gasteiger partial charge in [0.25, 0.3) is 11.8 Å². The highest BCUT2D eigenvalue weighted by Crippen LogP contribution is 2.36. The van der Waals surface area contributed by atoms with Crippen molar-refractivity contribution in [3.8, 4) is 0 Å². The third kappa shape index (κ3) is 7.12. The molecule has 2 aliphatic heterocycles. The summed E-state index contributed by atoms with van der Waals surface area (Å²) >= 11 is 14.6. The SMILES string of the molecule is O=C(Nc1cc(Cl)c(CC(=O)N2C[C@@H](N3CC(F)(F)C3)C[C@H]2COC2CCC(C(=O)O)CC2)cc1Cl)c1csc2ccccc12. The Balaban J connectivity index is 1.12. The van der Waals surface area contributed by atoms with Gasteiger partial charge in [0.05, 0.1) is 60.5 Å². The van der Waals surface area contributed by atoms with Crippen molar-refractivity contribution in [2.45, 2.75) is 62.6 Å². The number of fused-ring (bicyclic) bond motifs is 1. The summed E-state index contributed by atoms with van der Waals surface area (Å²) in [7, 11) is 0. The number of hydrogen-bond donors (Lipinski definition) is 2. The predicted octanol–water partition coefficient (Wildman–Crippen LogP) is 6.58. The molecule has 45 heavy (non-hydrogen) atoms. The van der Waals surface area contributed by atoms with E-state index in [-0.39, 0.29) is 72.1 Å². The highest BCUT2D eigenvalue weighted by atomic mass is 35.5. The van der Waals surface area contributed by atoms with Crippen molar-refractivity contribution in [1.82, 2.24) is 9.80 Å². The molecular weight excluding hydrogens is 647 g/mol. The molecule has 240 valence electrons. The molecule has 3 aliphatic rings. The van der Waals surface area contributed by atoms with Crippen molar-refractivity contribution < 1.29 is 33.0 Å². The van der Waals surface area contributed by atoms with Gasteiger partial charge in [0.15, 0.2) is 0 Å². The zero-order valence-corrected chi connectivity index (χ0v) is 26.6. The molecule has 3 aromatic rings. The number of benzene rings is 2. The van der Waals surface area contributed by atoms with E-state index < -0.39 is 11.9 Å². The molecule has 0 unspecified atom stereocenters. The lowest BCUT2D eigenvalue weighted by Crippen LogP contribution is -2.60. The number of carbonyl (C=O) groups is 3. The van der Waals surface area contributed by atoms with Gasteiger partial charge in [-0.2, -0.15) is 0 Å². The Morgan fingerprint density at radius 1 is 1.07 bits per heavy atom. The van der Waals surface area contributed by atoms with Crippen LogP contribution in [0.15, 0.2) is 41.8 Å². The van der Waals surface area contributed by atoms with Crippen LogP contribution >= 0.6 is 34.5 Å². The van der Waals surface area contributed by atoms with Crippen LogP contribution in [0, 0.1) is 5.92 Å².